The molecule has 0 aliphatic rings. The molecule has 0 spiro atoms. The van der Waals surface area contributed by atoms with Gasteiger partial charge in [0.1, 0.15) is 0 Å². The molecule has 0 aromatic carbocycles. The summed E-state index contributed by atoms with van der Waals surface area (Å²) in [5, 5.41) is 0. The molecule has 0 atom stereocenters. The molecule has 7 heteroatoms. The molecule has 0 rings (SSSR count). The van der Waals surface area contributed by atoms with Gasteiger partial charge in [-0.15, -0.1) is 0 Å². The van der Waals surface area contributed by atoms with Crippen LogP contribution in [0.1, 0.15) is 0 Å². The van der Waals surface area contributed by atoms with Crippen LogP contribution in [-0.2, 0) is 8.42 Å². The third-order valence-electron chi connectivity index (χ3n) is 0.165. The summed E-state index contributed by atoms with van der Waals surface area (Å²) in [5.74, 6) is 0. The molecule has 0 aromatic rings. The van der Waals surface area contributed by atoms with Gasteiger partial charge in [-0.2, -0.15) is 0 Å². The second-order valence-electron chi connectivity index (χ2n) is 1.15. The van der Waals surface area contributed by atoms with E-state index in [0.29, 0.717) is 8.97 Å². The topological polar surface area (TPSA) is 0 Å². The van der Waals surface area contributed by atoms with Gasteiger partial charge in [0.05, 0.1) is 0 Å². The molecule has 0 N–H and O–H groups in total. The van der Waals surface area contributed by atoms with E-state index in [1.54, 1.807) is 0 Å². The second kappa shape index (κ2) is 2.58. The Morgan fingerprint density at radius 2 is 1.14 bits per heavy atom. The first-order valence-electron chi connectivity index (χ1n) is 1.51. The van der Waals surface area contributed by atoms with Crippen molar-refractivity contribution in [2.75, 3.05) is 0 Å². The van der Waals surface area contributed by atoms with Crippen molar-refractivity contribution in [3.8, 4) is 0 Å². The summed E-state index contributed by atoms with van der Waals surface area (Å²) in [6.45, 7) is 0. The Morgan fingerprint density at radius 1 is 1.00 bits per heavy atom. The summed E-state index contributed by atoms with van der Waals surface area (Å²) >= 11 is 0. The molecule has 0 heterocycles. The van der Waals surface area contributed by atoms with Gasteiger partial charge in [0, 0.05) is 0 Å². The maximum atomic E-state index is 5.32. The van der Waals surface area contributed by atoms with Crippen LogP contribution in [0.25, 0.3) is 0 Å². The van der Waals surface area contributed by atoms with Gasteiger partial charge < -0.3 is 0 Å². The average molecular weight is 275 g/mol. The molecule has 0 aliphatic heterocycles. The van der Waals surface area contributed by atoms with Crippen molar-refractivity contribution in [1.29, 1.82) is 0 Å². The third-order valence-corrected chi connectivity index (χ3v) is 23.1. The molecule has 0 saturated carbocycles. The van der Waals surface area contributed by atoms with Crippen molar-refractivity contribution < 1.29 is 8.42 Å². The van der Waals surface area contributed by atoms with E-state index >= 15 is 0 Å². The van der Waals surface area contributed by atoms with Gasteiger partial charge in [0.25, 0.3) is 0 Å². The van der Waals surface area contributed by atoms with Gasteiger partial charge in [-0.3, -0.25) is 0 Å². The monoisotopic (exact) mass is 271 g/mol. The Labute approximate surface area is 66.0 Å². The van der Waals surface area contributed by atoms with Crippen LogP contribution >= 0.6 is 58.4 Å². The van der Waals surface area contributed by atoms with Gasteiger partial charge in [0.15, 0.2) is 0 Å². The van der Waals surface area contributed by atoms with E-state index in [1.807, 2.05) is 0 Å². The van der Waals surface area contributed by atoms with Crippen molar-refractivity contribution in [3.63, 3.8) is 0 Å². The van der Waals surface area contributed by atoms with Gasteiger partial charge in [0.2, 0.25) is 0 Å². The number of rotatable bonds is 1. The summed E-state index contributed by atoms with van der Waals surface area (Å²) < 4.78 is 0. The fourth-order valence-corrected chi connectivity index (χ4v) is 0. The zero-order valence-electron chi connectivity index (χ0n) is 3.01. The van der Waals surface area contributed by atoms with E-state index in [4.69, 9.17) is 49.4 Å². The second-order valence-corrected chi connectivity index (χ2v) is 53.9. The predicted octanol–water partition coefficient (Wildman–Crippen LogP) is 4.09. The normalized spacial score (nSPS) is 14.6. The molecule has 0 fully saturated rings. The average Bonchev–Trinajstić information content (AvgIpc) is 1.32. The number of hydrogen-bond acceptors (Lipinski definition) is 1. The molecule has 7 heavy (non-hydrogen) atoms. The maximum absolute atomic E-state index is 5.32. The third kappa shape index (κ3) is 8.42. The van der Waals surface area contributed by atoms with Gasteiger partial charge in [-0.25, -0.2) is 0 Å². The molecule has 0 bridgehead atoms. The Morgan fingerprint density at radius 3 is 1.14 bits per heavy atom. The molecule has 0 amide bonds. The number of hydrogen-bond donors (Lipinski definition) is 0. The fourth-order valence-electron chi connectivity index (χ4n) is 0. The van der Waals surface area contributed by atoms with Crippen molar-refractivity contribution in [2.45, 2.75) is 0 Å². The standard InChI is InChI=1S/ClS.4ClH.Zn/c1-2;;;;;/h;4*1H;/q-1;;;;;+5/p-4. The molecular formula is Cl5SZn. The minimum absolute atomic E-state index is 0.635. The quantitative estimate of drug-likeness (QED) is 0.649. The van der Waals surface area contributed by atoms with E-state index in [1.165, 1.54) is 0 Å². The first-order valence-corrected chi connectivity index (χ1v) is 22.6. The van der Waals surface area contributed by atoms with E-state index in [2.05, 4.69) is 0 Å². The van der Waals surface area contributed by atoms with Crippen LogP contribution < -0.4 is 0 Å². The van der Waals surface area contributed by atoms with Gasteiger partial charge in [-0.05, 0) is 0 Å². The zero-order chi connectivity index (χ0) is 6.15. The van der Waals surface area contributed by atoms with Crippen LogP contribution in [0, 0.1) is 0 Å². The Bertz CT molecular complexity index is 60.6. The summed E-state index contributed by atoms with van der Waals surface area (Å²) in [6, 6.07) is 0. The Balaban J connectivity index is 3.83. The van der Waals surface area contributed by atoms with Crippen LogP contribution in [0.3, 0.4) is 0 Å². The summed E-state index contributed by atoms with van der Waals surface area (Å²) in [6.07, 6.45) is 0. The summed E-state index contributed by atoms with van der Waals surface area (Å²) in [5.41, 5.74) is 0. The van der Waals surface area contributed by atoms with Crippen LogP contribution in [0.15, 0.2) is 0 Å². The minimum atomic E-state index is -4.32. The molecule has 0 nitrogen and oxygen atoms in total. The van der Waals surface area contributed by atoms with Crippen LogP contribution in [0.5, 0.6) is 0 Å². The SMILES string of the molecule is Cl[S][Zn]([Cl])([Cl])([Cl])[Cl]. The first-order chi connectivity index (χ1) is 2.81. The van der Waals surface area contributed by atoms with E-state index in [-0.39, 0.29) is 0 Å². The van der Waals surface area contributed by atoms with Crippen molar-refractivity contribution in [3.05, 3.63) is 0 Å². The van der Waals surface area contributed by atoms with Gasteiger partial charge >= 0.3 is 66.8 Å². The van der Waals surface area contributed by atoms with E-state index in [9.17, 15) is 0 Å². The molecule has 0 unspecified atom stereocenters. The van der Waals surface area contributed by atoms with Gasteiger partial charge in [-0.1, -0.05) is 0 Å². The van der Waals surface area contributed by atoms with Crippen molar-refractivity contribution >= 4 is 58.4 Å². The molecular weight excluding hydrogens is 275 g/mol. The van der Waals surface area contributed by atoms with E-state index in [0.717, 1.165) is 0 Å². The van der Waals surface area contributed by atoms with Crippen LogP contribution in [0.4, 0.5) is 0 Å². The van der Waals surface area contributed by atoms with Crippen molar-refractivity contribution in [1.82, 2.24) is 0 Å². The molecule has 0 aliphatic carbocycles. The molecule has 0 aromatic heterocycles. The van der Waals surface area contributed by atoms with Crippen molar-refractivity contribution in [2.24, 2.45) is 0 Å². The Kier molecular flexibility index (Phi) is 3.47. The fraction of sp³-hybridized carbons (Fsp3) is 0. The van der Waals surface area contributed by atoms with Crippen LogP contribution in [0.2, 0.25) is 0 Å². The van der Waals surface area contributed by atoms with Crippen LogP contribution in [-0.4, -0.2) is 0 Å². The number of halogens is 5. The summed E-state index contributed by atoms with van der Waals surface area (Å²) in [7, 11) is 22.7. The molecule has 0 saturated heterocycles. The molecule has 43 valence electrons. The predicted molar refractivity (Wildman–Crippen MR) is 36.9 cm³/mol. The zero-order valence-corrected chi connectivity index (χ0v) is 10.6. The summed E-state index contributed by atoms with van der Waals surface area (Å²) in [4.78, 5) is 0. The first kappa shape index (κ1) is 9.42. The molecule has 0 radical (unpaired) electrons. The van der Waals surface area contributed by atoms with E-state index < -0.39 is 8.42 Å². The Hall–Kier alpha value is 2.42.